The van der Waals surface area contributed by atoms with Gasteiger partial charge in [0.05, 0.1) is 13.4 Å². The maximum Gasteiger partial charge on any atom is 0.387 e. The highest BCUT2D eigenvalue weighted by atomic mass is 19.3. The Hall–Kier alpha value is -3.35. The van der Waals surface area contributed by atoms with E-state index in [0.717, 1.165) is 0 Å². The van der Waals surface area contributed by atoms with E-state index in [1.54, 1.807) is 36.4 Å². The Balaban J connectivity index is 1.94. The monoisotopic (exact) mass is 359 g/mol. The summed E-state index contributed by atoms with van der Waals surface area (Å²) in [7, 11) is 1.53. The number of hydrogen-bond acceptors (Lipinski definition) is 4. The predicted octanol–water partition coefficient (Wildman–Crippen LogP) is 4.81. The molecule has 134 valence electrons. The zero-order valence-electron chi connectivity index (χ0n) is 13.7. The molecule has 7 heteroatoms. The van der Waals surface area contributed by atoms with Crippen LogP contribution < -0.4 is 14.8 Å². The highest BCUT2D eigenvalue weighted by Crippen LogP contribution is 2.34. The van der Waals surface area contributed by atoms with Gasteiger partial charge in [0.2, 0.25) is 0 Å². The van der Waals surface area contributed by atoms with Crippen molar-refractivity contribution in [2.45, 2.75) is 6.61 Å². The van der Waals surface area contributed by atoms with Crippen molar-refractivity contribution < 1.29 is 27.5 Å². The summed E-state index contributed by atoms with van der Waals surface area (Å²) in [5.41, 5.74) is 1.46. The molecule has 0 spiro atoms. The van der Waals surface area contributed by atoms with E-state index in [1.165, 1.54) is 31.6 Å². The first-order valence-electron chi connectivity index (χ1n) is 7.65. The Morgan fingerprint density at radius 1 is 1.12 bits per heavy atom. The van der Waals surface area contributed by atoms with E-state index in [0.29, 0.717) is 22.6 Å². The van der Waals surface area contributed by atoms with Gasteiger partial charge in [-0.15, -0.1) is 0 Å². The van der Waals surface area contributed by atoms with Gasteiger partial charge in [0.1, 0.15) is 11.5 Å². The Morgan fingerprint density at radius 2 is 1.88 bits per heavy atom. The van der Waals surface area contributed by atoms with Crippen molar-refractivity contribution in [1.29, 1.82) is 0 Å². The van der Waals surface area contributed by atoms with Crippen molar-refractivity contribution >= 4 is 11.6 Å². The maximum atomic E-state index is 12.7. The van der Waals surface area contributed by atoms with Crippen molar-refractivity contribution in [2.24, 2.45) is 0 Å². The number of alkyl halides is 2. The molecule has 0 aliphatic carbocycles. The molecule has 26 heavy (non-hydrogen) atoms. The van der Waals surface area contributed by atoms with Gasteiger partial charge < -0.3 is 19.2 Å². The largest absolute Gasteiger partial charge is 0.497 e. The summed E-state index contributed by atoms with van der Waals surface area (Å²) in [5, 5.41) is 2.66. The van der Waals surface area contributed by atoms with Crippen molar-refractivity contribution in [3.8, 4) is 22.6 Å². The molecule has 0 atom stereocenters. The van der Waals surface area contributed by atoms with Gasteiger partial charge >= 0.3 is 6.61 Å². The van der Waals surface area contributed by atoms with Crippen LogP contribution in [0.2, 0.25) is 0 Å². The number of ether oxygens (including phenoxy) is 2. The number of amides is 1. The van der Waals surface area contributed by atoms with Crippen molar-refractivity contribution in [3.63, 3.8) is 0 Å². The van der Waals surface area contributed by atoms with Gasteiger partial charge in [-0.05, 0) is 48.0 Å². The van der Waals surface area contributed by atoms with Gasteiger partial charge in [0.25, 0.3) is 5.91 Å². The van der Waals surface area contributed by atoms with E-state index < -0.39 is 12.5 Å². The van der Waals surface area contributed by atoms with Crippen LogP contribution in [0.1, 0.15) is 10.6 Å². The zero-order chi connectivity index (χ0) is 18.5. The summed E-state index contributed by atoms with van der Waals surface area (Å²) in [6.07, 6.45) is 1.39. The number of benzene rings is 2. The van der Waals surface area contributed by atoms with Crippen LogP contribution in [-0.4, -0.2) is 19.6 Å². The maximum absolute atomic E-state index is 12.7. The van der Waals surface area contributed by atoms with Crippen LogP contribution in [0, 0.1) is 0 Å². The second-order valence-corrected chi connectivity index (χ2v) is 5.25. The minimum Gasteiger partial charge on any atom is -0.497 e. The minimum absolute atomic E-state index is 0.00108. The lowest BCUT2D eigenvalue weighted by Gasteiger charge is -2.13. The molecule has 0 radical (unpaired) electrons. The molecule has 0 saturated heterocycles. The van der Waals surface area contributed by atoms with E-state index in [1.807, 2.05) is 0 Å². The van der Waals surface area contributed by atoms with Gasteiger partial charge in [-0.3, -0.25) is 4.79 Å². The molecule has 1 N–H and O–H groups in total. The van der Waals surface area contributed by atoms with Crippen molar-refractivity contribution in [3.05, 3.63) is 66.6 Å². The third kappa shape index (κ3) is 4.00. The number of furan rings is 1. The van der Waals surface area contributed by atoms with Crippen molar-refractivity contribution in [1.82, 2.24) is 0 Å². The molecule has 0 aliphatic rings. The smallest absolute Gasteiger partial charge is 0.387 e. The zero-order valence-corrected chi connectivity index (χ0v) is 13.7. The third-order valence-corrected chi connectivity index (χ3v) is 3.60. The number of nitrogens with one attached hydrogen (secondary N) is 1. The summed E-state index contributed by atoms with van der Waals surface area (Å²) < 4.78 is 40.1. The highest BCUT2D eigenvalue weighted by molar-refractivity contribution is 6.02. The fourth-order valence-electron chi connectivity index (χ4n) is 2.40. The molecule has 1 amide bonds. The van der Waals surface area contributed by atoms with E-state index in [2.05, 4.69) is 10.1 Å². The Kier molecular flexibility index (Phi) is 5.17. The molecular formula is C19H15F2NO4. The average molecular weight is 359 g/mol. The summed E-state index contributed by atoms with van der Waals surface area (Å²) in [6.45, 7) is -2.96. The topological polar surface area (TPSA) is 60.7 Å². The highest BCUT2D eigenvalue weighted by Gasteiger charge is 2.15. The first-order valence-corrected chi connectivity index (χ1v) is 7.65. The number of halogens is 2. The number of methoxy groups -OCH3 is 1. The van der Waals surface area contributed by atoms with Gasteiger partial charge in [0, 0.05) is 11.3 Å². The second kappa shape index (κ2) is 7.69. The minimum atomic E-state index is -2.96. The molecule has 1 heterocycles. The lowest BCUT2D eigenvalue weighted by molar-refractivity contribution is -0.0494. The fraction of sp³-hybridized carbons (Fsp3) is 0.105. The Morgan fingerprint density at radius 3 is 2.50 bits per heavy atom. The van der Waals surface area contributed by atoms with Crippen molar-refractivity contribution in [2.75, 3.05) is 12.4 Å². The number of rotatable bonds is 6. The quantitative estimate of drug-likeness (QED) is 0.686. The van der Waals surface area contributed by atoms with Crippen LogP contribution in [0.3, 0.4) is 0 Å². The van der Waals surface area contributed by atoms with E-state index in [9.17, 15) is 13.6 Å². The second-order valence-electron chi connectivity index (χ2n) is 5.25. The molecule has 0 fully saturated rings. The normalized spacial score (nSPS) is 10.6. The molecule has 0 unspecified atom stereocenters. The van der Waals surface area contributed by atoms with E-state index in [-0.39, 0.29) is 11.5 Å². The molecule has 3 rings (SSSR count). The van der Waals surface area contributed by atoms with Gasteiger partial charge in [0.15, 0.2) is 5.76 Å². The Bertz CT molecular complexity index is 877. The van der Waals surface area contributed by atoms with Gasteiger partial charge in [-0.25, -0.2) is 0 Å². The van der Waals surface area contributed by atoms with Crippen LogP contribution in [0.15, 0.2) is 65.3 Å². The first-order chi connectivity index (χ1) is 12.6. The first kappa shape index (κ1) is 17.5. The number of carbonyl (C=O) groups is 1. The number of anilines is 1. The third-order valence-electron chi connectivity index (χ3n) is 3.60. The van der Waals surface area contributed by atoms with Crippen LogP contribution in [0.5, 0.6) is 11.5 Å². The summed E-state index contributed by atoms with van der Waals surface area (Å²) in [6, 6.07) is 14.4. The SMILES string of the molecule is COc1ccc(-c2cc(NC(=O)c3ccco3)ccc2OC(F)F)cc1. The van der Waals surface area contributed by atoms with Crippen LogP contribution in [-0.2, 0) is 0 Å². The molecule has 3 aromatic rings. The average Bonchev–Trinajstić information content (AvgIpc) is 3.17. The Labute approximate surface area is 148 Å². The molecule has 0 bridgehead atoms. The summed E-state index contributed by atoms with van der Waals surface area (Å²) in [5.74, 6) is 0.329. The lowest BCUT2D eigenvalue weighted by atomic mass is 10.0. The predicted molar refractivity (Wildman–Crippen MR) is 91.7 cm³/mol. The van der Waals surface area contributed by atoms with Crippen LogP contribution >= 0.6 is 0 Å². The number of hydrogen-bond donors (Lipinski definition) is 1. The standard InChI is InChI=1S/C19H15F2NO4/c1-24-14-7-4-12(5-8-14)15-11-13(6-9-16(15)26-19(20)21)22-18(23)17-3-2-10-25-17/h2-11,19H,1H3,(H,22,23). The molecule has 5 nitrogen and oxygen atoms in total. The molecular weight excluding hydrogens is 344 g/mol. The molecule has 2 aromatic carbocycles. The fourth-order valence-corrected chi connectivity index (χ4v) is 2.40. The van der Waals surface area contributed by atoms with Gasteiger partial charge in [-0.1, -0.05) is 12.1 Å². The molecule has 0 aliphatic heterocycles. The van der Waals surface area contributed by atoms with E-state index >= 15 is 0 Å². The summed E-state index contributed by atoms with van der Waals surface area (Å²) in [4.78, 5) is 12.1. The summed E-state index contributed by atoms with van der Waals surface area (Å²) >= 11 is 0. The van der Waals surface area contributed by atoms with Crippen LogP contribution in [0.4, 0.5) is 14.5 Å². The number of carbonyl (C=O) groups excluding carboxylic acids is 1. The van der Waals surface area contributed by atoms with E-state index in [4.69, 9.17) is 9.15 Å². The van der Waals surface area contributed by atoms with Gasteiger partial charge in [-0.2, -0.15) is 8.78 Å². The molecule has 1 aromatic heterocycles. The van der Waals surface area contributed by atoms with Crippen LogP contribution in [0.25, 0.3) is 11.1 Å². The lowest BCUT2D eigenvalue weighted by Crippen LogP contribution is -2.11. The molecule has 0 saturated carbocycles.